The summed E-state index contributed by atoms with van der Waals surface area (Å²) >= 11 is 6.01. The van der Waals surface area contributed by atoms with Crippen LogP contribution in [0.15, 0.2) is 65.6 Å². The summed E-state index contributed by atoms with van der Waals surface area (Å²) in [4.78, 5) is 12.8. The highest BCUT2D eigenvalue weighted by molar-refractivity contribution is 7.93. The number of amides is 1. The fourth-order valence-corrected chi connectivity index (χ4v) is 4.96. The summed E-state index contributed by atoms with van der Waals surface area (Å²) in [6.45, 7) is 1.14. The average molecular weight is 493 g/mol. The van der Waals surface area contributed by atoms with E-state index in [9.17, 15) is 17.6 Å². The van der Waals surface area contributed by atoms with Crippen molar-refractivity contribution in [1.82, 2.24) is 0 Å². The van der Waals surface area contributed by atoms with Gasteiger partial charge < -0.3 is 14.8 Å². The molecule has 0 atom stereocenters. The normalized spacial score (nSPS) is 11.1. The van der Waals surface area contributed by atoms with Gasteiger partial charge in [-0.3, -0.25) is 9.10 Å². The third-order valence-electron chi connectivity index (χ3n) is 4.72. The predicted octanol–water partition coefficient (Wildman–Crippen LogP) is 4.64. The number of carbonyl (C=O) groups is 1. The SMILES string of the molecule is COc1ccc(Cl)cc1NC(=O)CN(c1ccc(F)cc1)S(=O)(=O)c1cc(C)ccc1OC. The quantitative estimate of drug-likeness (QED) is 0.495. The van der Waals surface area contributed by atoms with Gasteiger partial charge in [0.2, 0.25) is 5.91 Å². The van der Waals surface area contributed by atoms with Crippen molar-refractivity contribution in [2.45, 2.75) is 11.8 Å². The highest BCUT2D eigenvalue weighted by atomic mass is 35.5. The molecule has 1 amide bonds. The van der Waals surface area contributed by atoms with Crippen LogP contribution in [0.4, 0.5) is 15.8 Å². The molecule has 3 aromatic rings. The lowest BCUT2D eigenvalue weighted by Crippen LogP contribution is -2.38. The maximum atomic E-state index is 13.6. The summed E-state index contributed by atoms with van der Waals surface area (Å²) < 4.78 is 52.1. The molecule has 1 N–H and O–H groups in total. The van der Waals surface area contributed by atoms with Crippen molar-refractivity contribution in [3.05, 3.63) is 77.1 Å². The van der Waals surface area contributed by atoms with Crippen molar-refractivity contribution in [3.8, 4) is 11.5 Å². The van der Waals surface area contributed by atoms with Crippen LogP contribution in [-0.2, 0) is 14.8 Å². The highest BCUT2D eigenvalue weighted by Crippen LogP contribution is 2.32. The fraction of sp³-hybridized carbons (Fsp3) is 0.174. The van der Waals surface area contributed by atoms with Crippen LogP contribution in [-0.4, -0.2) is 35.1 Å². The number of carbonyl (C=O) groups excluding carboxylic acids is 1. The fourth-order valence-electron chi connectivity index (χ4n) is 3.12. The summed E-state index contributed by atoms with van der Waals surface area (Å²) in [5.41, 5.74) is 1.06. The molecule has 3 aromatic carbocycles. The minimum absolute atomic E-state index is 0.105. The molecule has 0 aliphatic heterocycles. The molecule has 33 heavy (non-hydrogen) atoms. The zero-order chi connectivity index (χ0) is 24.2. The summed E-state index contributed by atoms with van der Waals surface area (Å²) in [5.74, 6) is -0.735. The molecule has 0 unspecified atom stereocenters. The number of rotatable bonds is 8. The van der Waals surface area contributed by atoms with Crippen LogP contribution >= 0.6 is 11.6 Å². The minimum Gasteiger partial charge on any atom is -0.495 e. The summed E-state index contributed by atoms with van der Waals surface area (Å²) in [5, 5.41) is 2.98. The molecule has 0 aromatic heterocycles. The number of hydrogen-bond donors (Lipinski definition) is 1. The number of halogens is 2. The molecule has 0 heterocycles. The topological polar surface area (TPSA) is 84.9 Å². The standard InChI is InChI=1S/C23H22ClFN2O5S/c1-15-4-10-21(32-3)22(12-15)33(29,30)27(18-8-6-17(25)7-9-18)14-23(28)26-19-13-16(24)5-11-20(19)31-2/h4-13H,14H2,1-3H3,(H,26,28). The molecule has 0 bridgehead atoms. The van der Waals surface area contributed by atoms with Gasteiger partial charge in [0.15, 0.2) is 0 Å². The van der Waals surface area contributed by atoms with Gasteiger partial charge in [-0.25, -0.2) is 12.8 Å². The number of nitrogens with one attached hydrogen (secondary N) is 1. The van der Waals surface area contributed by atoms with Crippen LogP contribution in [0.5, 0.6) is 11.5 Å². The number of nitrogens with zero attached hydrogens (tertiary/aromatic N) is 1. The first kappa shape index (κ1) is 24.3. The van der Waals surface area contributed by atoms with Crippen LogP contribution in [0.25, 0.3) is 0 Å². The summed E-state index contributed by atoms with van der Waals surface area (Å²) in [6, 6.07) is 14.1. The first-order valence-corrected chi connectivity index (χ1v) is 11.5. The van der Waals surface area contributed by atoms with Gasteiger partial charge >= 0.3 is 0 Å². The Morgan fingerprint density at radius 2 is 1.64 bits per heavy atom. The zero-order valence-electron chi connectivity index (χ0n) is 18.1. The zero-order valence-corrected chi connectivity index (χ0v) is 19.7. The van der Waals surface area contributed by atoms with E-state index in [0.717, 1.165) is 16.4 Å². The molecular weight excluding hydrogens is 471 g/mol. The highest BCUT2D eigenvalue weighted by Gasteiger charge is 2.30. The van der Waals surface area contributed by atoms with Gasteiger partial charge in [0.05, 0.1) is 25.6 Å². The van der Waals surface area contributed by atoms with E-state index < -0.39 is 28.3 Å². The van der Waals surface area contributed by atoms with Gasteiger partial charge in [0.25, 0.3) is 10.0 Å². The molecule has 7 nitrogen and oxygen atoms in total. The van der Waals surface area contributed by atoms with E-state index in [0.29, 0.717) is 16.3 Å². The number of anilines is 2. The molecule has 0 saturated heterocycles. The van der Waals surface area contributed by atoms with E-state index in [4.69, 9.17) is 21.1 Å². The average Bonchev–Trinajstić information content (AvgIpc) is 2.78. The van der Waals surface area contributed by atoms with Crippen LogP contribution in [0.3, 0.4) is 0 Å². The molecule has 0 aliphatic carbocycles. The number of methoxy groups -OCH3 is 2. The van der Waals surface area contributed by atoms with E-state index in [1.54, 1.807) is 25.1 Å². The van der Waals surface area contributed by atoms with Gasteiger partial charge in [-0.05, 0) is 67.1 Å². The molecule has 0 aliphatic rings. The van der Waals surface area contributed by atoms with E-state index in [1.165, 1.54) is 44.6 Å². The Morgan fingerprint density at radius 1 is 1.00 bits per heavy atom. The Labute approximate surface area is 196 Å². The molecule has 10 heteroatoms. The van der Waals surface area contributed by atoms with Crippen LogP contribution in [0, 0.1) is 12.7 Å². The summed E-state index contributed by atoms with van der Waals surface area (Å²) in [6.07, 6.45) is 0. The Hall–Kier alpha value is -3.30. The minimum atomic E-state index is -4.28. The second-order valence-corrected chi connectivity index (χ2v) is 9.30. The van der Waals surface area contributed by atoms with Gasteiger partial charge in [-0.15, -0.1) is 0 Å². The number of benzene rings is 3. The molecular formula is C23H22ClFN2O5S. The van der Waals surface area contributed by atoms with Crippen LogP contribution in [0.1, 0.15) is 5.56 Å². The number of aryl methyl sites for hydroxylation is 1. The number of hydrogen-bond acceptors (Lipinski definition) is 5. The Kier molecular flexibility index (Phi) is 7.45. The van der Waals surface area contributed by atoms with Crippen LogP contribution in [0.2, 0.25) is 5.02 Å². The predicted molar refractivity (Wildman–Crippen MR) is 125 cm³/mol. The van der Waals surface area contributed by atoms with Crippen molar-refractivity contribution in [3.63, 3.8) is 0 Å². The van der Waals surface area contributed by atoms with Crippen molar-refractivity contribution < 1.29 is 27.1 Å². The lowest BCUT2D eigenvalue weighted by Gasteiger charge is -2.25. The maximum absolute atomic E-state index is 13.6. The second-order valence-electron chi connectivity index (χ2n) is 7.04. The van der Waals surface area contributed by atoms with Gasteiger partial charge in [0, 0.05) is 5.02 Å². The number of ether oxygens (including phenoxy) is 2. The van der Waals surface area contributed by atoms with Gasteiger partial charge in [0.1, 0.15) is 28.8 Å². The third-order valence-corrected chi connectivity index (χ3v) is 6.75. The molecule has 0 saturated carbocycles. The van der Waals surface area contributed by atoms with E-state index >= 15 is 0 Å². The first-order valence-electron chi connectivity index (χ1n) is 9.72. The largest absolute Gasteiger partial charge is 0.495 e. The molecule has 0 fully saturated rings. The van der Waals surface area contributed by atoms with E-state index in [-0.39, 0.29) is 22.0 Å². The lowest BCUT2D eigenvalue weighted by molar-refractivity contribution is -0.114. The second kappa shape index (κ2) is 10.1. The molecule has 3 rings (SSSR count). The lowest BCUT2D eigenvalue weighted by atomic mass is 10.2. The van der Waals surface area contributed by atoms with Crippen LogP contribution < -0.4 is 19.1 Å². The van der Waals surface area contributed by atoms with Crippen molar-refractivity contribution in [1.29, 1.82) is 0 Å². The van der Waals surface area contributed by atoms with Crippen molar-refractivity contribution in [2.75, 3.05) is 30.4 Å². The van der Waals surface area contributed by atoms with Gasteiger partial charge in [-0.2, -0.15) is 0 Å². The van der Waals surface area contributed by atoms with E-state index in [2.05, 4.69) is 5.32 Å². The smallest absolute Gasteiger partial charge is 0.268 e. The van der Waals surface area contributed by atoms with Gasteiger partial charge in [-0.1, -0.05) is 17.7 Å². The van der Waals surface area contributed by atoms with Crippen molar-refractivity contribution >= 4 is 38.9 Å². The monoisotopic (exact) mass is 492 g/mol. The Morgan fingerprint density at radius 3 is 2.27 bits per heavy atom. The Bertz CT molecular complexity index is 1270. The van der Waals surface area contributed by atoms with E-state index in [1.807, 2.05) is 0 Å². The molecule has 0 spiro atoms. The first-order chi connectivity index (χ1) is 15.6. The Balaban J connectivity index is 2.03. The third kappa shape index (κ3) is 5.55. The maximum Gasteiger partial charge on any atom is 0.268 e. The molecule has 0 radical (unpaired) electrons. The van der Waals surface area contributed by atoms with Crippen molar-refractivity contribution in [2.24, 2.45) is 0 Å². The summed E-state index contributed by atoms with van der Waals surface area (Å²) in [7, 11) is -1.50. The molecule has 174 valence electrons. The number of sulfonamides is 1.